The van der Waals surface area contributed by atoms with E-state index in [4.69, 9.17) is 4.98 Å². The normalized spacial score (nSPS) is 11.7. The Morgan fingerprint density at radius 2 is 2.00 bits per heavy atom. The Morgan fingerprint density at radius 3 is 2.72 bits per heavy atom. The van der Waals surface area contributed by atoms with Gasteiger partial charge in [-0.1, -0.05) is 36.5 Å². The Hall–Kier alpha value is -3.04. The number of aryl methyl sites for hydroxylation is 2. The number of aromatic nitrogens is 3. The van der Waals surface area contributed by atoms with E-state index >= 15 is 0 Å². The van der Waals surface area contributed by atoms with Gasteiger partial charge in [-0.05, 0) is 42.7 Å². The fourth-order valence-electron chi connectivity index (χ4n) is 3.52. The number of nitrogens with zero attached hydrogens (tertiary/aromatic N) is 4. The molecule has 0 N–H and O–H groups in total. The van der Waals surface area contributed by atoms with E-state index in [2.05, 4.69) is 11.9 Å². The number of sulfone groups is 1. The molecule has 2 heterocycles. The van der Waals surface area contributed by atoms with Crippen LogP contribution in [0.4, 0.5) is 5.13 Å². The zero-order valence-corrected chi connectivity index (χ0v) is 19.6. The summed E-state index contributed by atoms with van der Waals surface area (Å²) in [5.41, 5.74) is 2.37. The predicted molar refractivity (Wildman–Crippen MR) is 127 cm³/mol. The second-order valence-electron chi connectivity index (χ2n) is 7.52. The molecule has 0 bridgehead atoms. The fraction of sp³-hybridized carbons (Fsp3) is 0.261. The average Bonchev–Trinajstić information content (AvgIpc) is 3.45. The highest BCUT2D eigenvalue weighted by Crippen LogP contribution is 2.32. The van der Waals surface area contributed by atoms with E-state index in [0.29, 0.717) is 30.2 Å². The number of carbonyl (C=O) groups is 1. The SMILES string of the molecule is CCc1cccc2sc(N(CCCn3ccnc3)C(=O)c3cccc(S(C)(=O)=O)c3)nc12. The van der Waals surface area contributed by atoms with Crippen molar-refractivity contribution >= 4 is 42.4 Å². The minimum atomic E-state index is -3.42. The van der Waals surface area contributed by atoms with Crippen molar-refractivity contribution in [3.8, 4) is 0 Å². The van der Waals surface area contributed by atoms with E-state index in [-0.39, 0.29) is 10.8 Å². The lowest BCUT2D eigenvalue weighted by Gasteiger charge is -2.20. The van der Waals surface area contributed by atoms with E-state index in [0.717, 1.165) is 28.5 Å². The van der Waals surface area contributed by atoms with Crippen molar-refractivity contribution in [1.82, 2.24) is 14.5 Å². The van der Waals surface area contributed by atoms with Crippen LogP contribution in [0.5, 0.6) is 0 Å². The Bertz CT molecular complexity index is 1340. The summed E-state index contributed by atoms with van der Waals surface area (Å²) < 4.78 is 27.0. The number of fused-ring (bicyclic) bond motifs is 1. The van der Waals surface area contributed by atoms with Crippen molar-refractivity contribution in [3.63, 3.8) is 0 Å². The van der Waals surface area contributed by atoms with Crippen LogP contribution in [0, 0.1) is 0 Å². The monoisotopic (exact) mass is 468 g/mol. The molecular weight excluding hydrogens is 444 g/mol. The Morgan fingerprint density at radius 1 is 1.19 bits per heavy atom. The van der Waals surface area contributed by atoms with Gasteiger partial charge in [-0.3, -0.25) is 9.69 Å². The number of para-hydroxylation sites is 1. The van der Waals surface area contributed by atoms with Crippen molar-refractivity contribution in [2.24, 2.45) is 0 Å². The van der Waals surface area contributed by atoms with Crippen molar-refractivity contribution in [2.45, 2.75) is 31.2 Å². The molecule has 166 valence electrons. The van der Waals surface area contributed by atoms with Crippen LogP contribution < -0.4 is 4.90 Å². The molecule has 0 aliphatic rings. The van der Waals surface area contributed by atoms with E-state index in [1.54, 1.807) is 29.6 Å². The highest BCUT2D eigenvalue weighted by Gasteiger charge is 2.23. The second-order valence-corrected chi connectivity index (χ2v) is 10.5. The summed E-state index contributed by atoms with van der Waals surface area (Å²) in [5.74, 6) is -0.266. The molecule has 0 aliphatic heterocycles. The summed E-state index contributed by atoms with van der Waals surface area (Å²) in [7, 11) is -3.42. The van der Waals surface area contributed by atoms with Crippen LogP contribution >= 0.6 is 11.3 Å². The molecular formula is C23H24N4O3S2. The summed E-state index contributed by atoms with van der Waals surface area (Å²) in [6.07, 6.45) is 8.04. The van der Waals surface area contributed by atoms with Crippen LogP contribution in [0.3, 0.4) is 0 Å². The van der Waals surface area contributed by atoms with Crippen LogP contribution in [0.15, 0.2) is 66.1 Å². The standard InChI is InChI=1S/C23H24N4O3S2/c1-3-17-7-5-10-20-21(17)25-23(31-20)27(13-6-12-26-14-11-24-16-26)22(28)18-8-4-9-19(15-18)32(2,29)30/h4-5,7-11,14-16H,3,6,12-13H2,1-2H3. The number of thiazole rings is 1. The highest BCUT2D eigenvalue weighted by molar-refractivity contribution is 7.90. The molecule has 0 spiro atoms. The van der Waals surface area contributed by atoms with Gasteiger partial charge in [-0.25, -0.2) is 18.4 Å². The van der Waals surface area contributed by atoms with Gasteiger partial charge in [-0.15, -0.1) is 0 Å². The summed E-state index contributed by atoms with van der Waals surface area (Å²) in [6, 6.07) is 12.2. The first-order valence-electron chi connectivity index (χ1n) is 10.3. The molecule has 7 nitrogen and oxygen atoms in total. The van der Waals surface area contributed by atoms with Crippen LogP contribution in [0.25, 0.3) is 10.2 Å². The topological polar surface area (TPSA) is 85.2 Å². The number of benzene rings is 2. The van der Waals surface area contributed by atoms with Crippen molar-refractivity contribution in [2.75, 3.05) is 17.7 Å². The lowest BCUT2D eigenvalue weighted by atomic mass is 10.1. The van der Waals surface area contributed by atoms with Crippen molar-refractivity contribution in [3.05, 3.63) is 72.3 Å². The third-order valence-corrected chi connectivity index (χ3v) is 7.37. The summed E-state index contributed by atoms with van der Waals surface area (Å²) in [5, 5.41) is 0.612. The van der Waals surface area contributed by atoms with Gasteiger partial charge in [0.25, 0.3) is 5.91 Å². The molecule has 9 heteroatoms. The highest BCUT2D eigenvalue weighted by atomic mass is 32.2. The first-order chi connectivity index (χ1) is 15.4. The minimum Gasteiger partial charge on any atom is -0.337 e. The number of rotatable bonds is 8. The molecule has 0 radical (unpaired) electrons. The van der Waals surface area contributed by atoms with Gasteiger partial charge in [-0.2, -0.15) is 0 Å². The zero-order chi connectivity index (χ0) is 22.7. The number of carbonyl (C=O) groups excluding carboxylic acids is 1. The number of amides is 1. The molecule has 0 unspecified atom stereocenters. The second kappa shape index (κ2) is 9.22. The van der Waals surface area contributed by atoms with Crippen LogP contribution in [0.2, 0.25) is 0 Å². The summed E-state index contributed by atoms with van der Waals surface area (Å²) in [4.78, 5) is 24.2. The van der Waals surface area contributed by atoms with Gasteiger partial charge in [0.1, 0.15) is 0 Å². The Labute approximate surface area is 191 Å². The van der Waals surface area contributed by atoms with Gasteiger partial charge in [0.2, 0.25) is 0 Å². The van der Waals surface area contributed by atoms with Crippen LogP contribution in [-0.4, -0.2) is 41.7 Å². The molecule has 0 atom stereocenters. The van der Waals surface area contributed by atoms with Crippen molar-refractivity contribution in [1.29, 1.82) is 0 Å². The largest absolute Gasteiger partial charge is 0.337 e. The quantitative estimate of drug-likeness (QED) is 0.387. The predicted octanol–water partition coefficient (Wildman–Crippen LogP) is 4.20. The lowest BCUT2D eigenvalue weighted by molar-refractivity contribution is 0.0986. The summed E-state index contributed by atoms with van der Waals surface area (Å²) >= 11 is 1.47. The molecule has 0 saturated carbocycles. The molecule has 4 rings (SSSR count). The first-order valence-corrected chi connectivity index (χ1v) is 13.0. The summed E-state index contributed by atoms with van der Waals surface area (Å²) in [6.45, 7) is 3.23. The molecule has 0 fully saturated rings. The van der Waals surface area contributed by atoms with Crippen LogP contribution in [0.1, 0.15) is 29.3 Å². The maximum absolute atomic E-state index is 13.5. The maximum atomic E-state index is 13.5. The number of hydrogen-bond acceptors (Lipinski definition) is 6. The number of hydrogen-bond donors (Lipinski definition) is 0. The number of imidazole rings is 1. The molecule has 2 aromatic heterocycles. The number of anilines is 1. The molecule has 1 amide bonds. The molecule has 0 aliphatic carbocycles. The maximum Gasteiger partial charge on any atom is 0.260 e. The van der Waals surface area contributed by atoms with E-state index < -0.39 is 9.84 Å². The van der Waals surface area contributed by atoms with E-state index in [9.17, 15) is 13.2 Å². The third kappa shape index (κ3) is 4.73. The smallest absolute Gasteiger partial charge is 0.260 e. The van der Waals surface area contributed by atoms with Gasteiger partial charge in [0.05, 0.1) is 21.4 Å². The van der Waals surface area contributed by atoms with E-state index in [1.807, 2.05) is 29.0 Å². The van der Waals surface area contributed by atoms with Crippen LogP contribution in [-0.2, 0) is 22.8 Å². The lowest BCUT2D eigenvalue weighted by Crippen LogP contribution is -2.32. The van der Waals surface area contributed by atoms with Gasteiger partial charge < -0.3 is 4.57 Å². The third-order valence-electron chi connectivity index (χ3n) is 5.21. The minimum absolute atomic E-state index is 0.124. The molecule has 0 saturated heterocycles. The molecule has 2 aromatic carbocycles. The average molecular weight is 469 g/mol. The molecule has 4 aromatic rings. The van der Waals surface area contributed by atoms with Gasteiger partial charge >= 0.3 is 0 Å². The molecule has 32 heavy (non-hydrogen) atoms. The first kappa shape index (κ1) is 22.2. The van der Waals surface area contributed by atoms with Gasteiger partial charge in [0.15, 0.2) is 15.0 Å². The van der Waals surface area contributed by atoms with Crippen molar-refractivity contribution < 1.29 is 13.2 Å². The Kier molecular flexibility index (Phi) is 6.38. The Balaban J connectivity index is 1.69. The van der Waals surface area contributed by atoms with E-state index in [1.165, 1.54) is 23.5 Å². The zero-order valence-electron chi connectivity index (χ0n) is 17.9. The van der Waals surface area contributed by atoms with Gasteiger partial charge in [0, 0.05) is 37.3 Å². The fourth-order valence-corrected chi connectivity index (χ4v) is 5.23.